The van der Waals surface area contributed by atoms with Gasteiger partial charge in [0.1, 0.15) is 0 Å². The molecule has 0 aromatic carbocycles. The van der Waals surface area contributed by atoms with Gasteiger partial charge >= 0.3 is 25.9 Å². The second-order valence-corrected chi connectivity index (χ2v) is 34.1. The van der Waals surface area contributed by atoms with Crippen LogP contribution in [-0.2, 0) is 20.6 Å². The van der Waals surface area contributed by atoms with E-state index in [-0.39, 0.29) is 0 Å². The lowest BCUT2D eigenvalue weighted by atomic mass is 10.8. The van der Waals surface area contributed by atoms with Crippen molar-refractivity contribution in [1.82, 2.24) is 0 Å². The van der Waals surface area contributed by atoms with Crippen molar-refractivity contribution in [2.75, 3.05) is 0 Å². The average Bonchev–Trinajstić information content (AvgIpc) is 2.50. The third kappa shape index (κ3) is 12.3. The summed E-state index contributed by atoms with van der Waals surface area (Å²) in [7, 11) is -14.8. The van der Waals surface area contributed by atoms with Gasteiger partial charge in [-0.15, -0.1) is 37.0 Å². The molecule has 0 aliphatic rings. The van der Waals surface area contributed by atoms with Gasteiger partial charge in [-0.1, -0.05) is 6.92 Å². The van der Waals surface area contributed by atoms with Crippen LogP contribution >= 0.6 is 0 Å². The zero-order valence-electron chi connectivity index (χ0n) is 22.1. The van der Waals surface area contributed by atoms with Gasteiger partial charge in [0.05, 0.1) is 0 Å². The summed E-state index contributed by atoms with van der Waals surface area (Å²) >= 11 is 0. The Labute approximate surface area is 204 Å². The molecule has 32 heavy (non-hydrogen) atoms. The van der Waals surface area contributed by atoms with E-state index >= 15 is 0 Å². The smallest absolute Gasteiger partial charge is 0.436 e. The van der Waals surface area contributed by atoms with Gasteiger partial charge < -0.3 is 20.6 Å². The fraction of sp³-hybridized carbons (Fsp3) is 0.714. The fourth-order valence-corrected chi connectivity index (χ4v) is 30.5. The molecule has 0 atom stereocenters. The van der Waals surface area contributed by atoms with Crippen LogP contribution in [0.15, 0.2) is 0 Å². The molecule has 0 radical (unpaired) electrons. The minimum Gasteiger partial charge on any atom is -0.436 e. The van der Waals surface area contributed by atoms with Gasteiger partial charge in [0, 0.05) is 24.2 Å². The van der Waals surface area contributed by atoms with E-state index in [0.29, 0.717) is 24.2 Å². The lowest BCUT2D eigenvalue weighted by Gasteiger charge is -2.45. The Bertz CT molecular complexity index is 699. The van der Waals surface area contributed by atoms with E-state index in [9.17, 15) is 0 Å². The van der Waals surface area contributed by atoms with Gasteiger partial charge in [0.2, 0.25) is 0 Å². The Morgan fingerprint density at radius 3 is 1.03 bits per heavy atom. The Morgan fingerprint density at radius 2 is 0.781 bits per heavy atom. The zero-order valence-corrected chi connectivity index (χ0v) is 28.1. The van der Waals surface area contributed by atoms with Crippen LogP contribution in [0.3, 0.4) is 0 Å². The molecule has 0 amide bonds. The Balaban J connectivity index is 6.12. The molecule has 0 saturated carbocycles. The van der Waals surface area contributed by atoms with Gasteiger partial charge in [0.25, 0.3) is 0 Å². The van der Waals surface area contributed by atoms with Crippen molar-refractivity contribution in [3.63, 3.8) is 0 Å². The predicted octanol–water partition coefficient (Wildman–Crippen LogP) is 5.95. The third-order valence-electron chi connectivity index (χ3n) is 4.29. The summed E-state index contributed by atoms with van der Waals surface area (Å²) in [4.78, 5) is 0. The van der Waals surface area contributed by atoms with Gasteiger partial charge in [-0.25, -0.2) is 0 Å². The molecule has 0 bridgehead atoms. The summed E-state index contributed by atoms with van der Waals surface area (Å²) in [6.07, 6.45) is 16.8. The molecule has 0 N–H and O–H groups in total. The Morgan fingerprint density at radius 1 is 0.500 bits per heavy atom. The van der Waals surface area contributed by atoms with Crippen LogP contribution in [0.4, 0.5) is 0 Å². The summed E-state index contributed by atoms with van der Waals surface area (Å²) in [5, 5.41) is 0. The third-order valence-corrected chi connectivity index (χ3v) is 26.6. The maximum absolute atomic E-state index is 6.82. The predicted molar refractivity (Wildman–Crippen MR) is 150 cm³/mol. The van der Waals surface area contributed by atoms with Crippen molar-refractivity contribution in [2.45, 2.75) is 96.6 Å². The van der Waals surface area contributed by atoms with E-state index in [2.05, 4.69) is 64.0 Å². The highest BCUT2D eigenvalue weighted by Gasteiger charge is 2.54. The zero-order chi connectivity index (χ0) is 25.5. The van der Waals surface area contributed by atoms with Gasteiger partial charge in [-0.2, -0.15) is 0 Å². The number of terminal acetylenes is 3. The number of hydrogen-bond acceptors (Lipinski definition) is 5. The van der Waals surface area contributed by atoms with Gasteiger partial charge in [0.15, 0.2) is 25.0 Å². The second-order valence-electron chi connectivity index (χ2n) is 10.8. The van der Waals surface area contributed by atoms with E-state index < -0.39 is 50.9 Å². The fourth-order valence-electron chi connectivity index (χ4n) is 3.67. The standard InChI is InChI=1S/C21H44O5Si6/c1-15-19-27(5,6)22-30(11,12)25-32(18-4,24-29(9,10)21-17-3)26-31(13,14)23-28(7,8)20-16-2/h1-3H,18-21H2,4-14H3. The quantitative estimate of drug-likeness (QED) is 0.200. The van der Waals surface area contributed by atoms with Crippen LogP contribution in [-0.4, -0.2) is 50.9 Å². The van der Waals surface area contributed by atoms with Gasteiger partial charge in [-0.3, -0.25) is 0 Å². The normalized spacial score (nSPS) is 13.9. The molecule has 0 heterocycles. The summed E-state index contributed by atoms with van der Waals surface area (Å²) in [6.45, 7) is 22.9. The highest BCUT2D eigenvalue weighted by molar-refractivity contribution is 6.92. The van der Waals surface area contributed by atoms with E-state index in [0.717, 1.165) is 0 Å². The largest absolute Gasteiger partial charge is 0.472 e. The van der Waals surface area contributed by atoms with E-state index in [1.807, 2.05) is 26.2 Å². The molecular weight excluding hydrogens is 501 g/mol. The summed E-state index contributed by atoms with van der Waals surface area (Å²) in [5.41, 5.74) is 0. The molecule has 0 aromatic rings. The minimum atomic E-state index is -3.18. The van der Waals surface area contributed by atoms with Crippen molar-refractivity contribution < 1.29 is 20.6 Å². The number of rotatable bonds is 14. The van der Waals surface area contributed by atoms with Crippen LogP contribution in [0.2, 0.25) is 89.6 Å². The molecule has 0 unspecified atom stereocenters. The van der Waals surface area contributed by atoms with Crippen molar-refractivity contribution in [2.24, 2.45) is 0 Å². The highest BCUT2D eigenvalue weighted by Crippen LogP contribution is 2.33. The lowest BCUT2D eigenvalue weighted by Crippen LogP contribution is -2.64. The Hall–Kier alpha value is -0.219. The Kier molecular flexibility index (Phi) is 11.9. The van der Waals surface area contributed by atoms with Crippen molar-refractivity contribution in [3.05, 3.63) is 0 Å². The molecule has 5 nitrogen and oxygen atoms in total. The van der Waals surface area contributed by atoms with E-state index in [1.165, 1.54) is 0 Å². The molecule has 0 aliphatic carbocycles. The maximum atomic E-state index is 6.82. The first-order chi connectivity index (χ1) is 14.3. The van der Waals surface area contributed by atoms with Crippen LogP contribution in [0.25, 0.3) is 0 Å². The molecule has 0 spiro atoms. The van der Waals surface area contributed by atoms with Crippen LogP contribution in [0.1, 0.15) is 6.92 Å². The van der Waals surface area contributed by atoms with Gasteiger partial charge in [-0.05, 0) is 65.5 Å². The summed E-state index contributed by atoms with van der Waals surface area (Å²) in [6, 6.07) is 2.44. The first kappa shape index (κ1) is 31.8. The van der Waals surface area contributed by atoms with Crippen LogP contribution in [0, 0.1) is 37.0 Å². The summed E-state index contributed by atoms with van der Waals surface area (Å²) < 4.78 is 33.6. The maximum Gasteiger partial charge on any atom is 0.472 e. The van der Waals surface area contributed by atoms with Crippen molar-refractivity contribution in [3.8, 4) is 37.0 Å². The van der Waals surface area contributed by atoms with Crippen molar-refractivity contribution >= 4 is 50.9 Å². The van der Waals surface area contributed by atoms with Crippen LogP contribution in [0.5, 0.6) is 0 Å². The average molecular weight is 545 g/mol. The van der Waals surface area contributed by atoms with Crippen molar-refractivity contribution in [1.29, 1.82) is 0 Å². The molecule has 0 aliphatic heterocycles. The first-order valence-electron chi connectivity index (χ1n) is 11.1. The topological polar surface area (TPSA) is 46.2 Å². The summed E-state index contributed by atoms with van der Waals surface area (Å²) in [5.74, 6) is 8.27. The minimum absolute atomic E-state index is 0.578. The molecule has 0 rings (SSSR count). The van der Waals surface area contributed by atoms with Crippen LogP contribution < -0.4 is 0 Å². The lowest BCUT2D eigenvalue weighted by molar-refractivity contribution is 0.208. The highest BCUT2D eigenvalue weighted by atomic mass is 28.5. The molecule has 11 heteroatoms. The number of hydrogen-bond donors (Lipinski definition) is 0. The molecule has 0 aromatic heterocycles. The van der Waals surface area contributed by atoms with E-state index in [1.54, 1.807) is 0 Å². The molecule has 182 valence electrons. The molecule has 0 fully saturated rings. The first-order valence-corrected chi connectivity index (χ1v) is 28.0. The molecule has 0 saturated heterocycles. The van der Waals surface area contributed by atoms with E-state index in [4.69, 9.17) is 39.8 Å². The monoisotopic (exact) mass is 544 g/mol. The second kappa shape index (κ2) is 12.0. The molecular formula is C21H44O5Si6. The SMILES string of the molecule is C#CC[Si](C)(C)O[Si](C)(C)O[Si](CC)(O[Si](C)(C)CC#C)O[Si](C)(C)O[Si](C)(C)CC#C.